The Kier molecular flexibility index (Phi) is 4.96. The highest BCUT2D eigenvalue weighted by molar-refractivity contribution is 7.13. The summed E-state index contributed by atoms with van der Waals surface area (Å²) in [5.74, 6) is 1.16. The zero-order valence-corrected chi connectivity index (χ0v) is 13.5. The highest BCUT2D eigenvalue weighted by atomic mass is 32.1. The topological polar surface area (TPSA) is 72.0 Å². The second-order valence-electron chi connectivity index (χ2n) is 5.18. The van der Waals surface area contributed by atoms with Gasteiger partial charge in [-0.2, -0.15) is 0 Å². The lowest BCUT2D eigenvalue weighted by atomic mass is 10.1. The Morgan fingerprint density at radius 3 is 2.48 bits per heavy atom. The second kappa shape index (κ2) is 6.72. The van der Waals surface area contributed by atoms with Crippen molar-refractivity contribution in [3.63, 3.8) is 0 Å². The number of hydrogen-bond donors (Lipinski definition) is 2. The first-order valence-electron chi connectivity index (χ1n) is 7.07. The zero-order valence-electron chi connectivity index (χ0n) is 12.6. The Balaban J connectivity index is 2.09. The maximum absolute atomic E-state index is 7.63. The molecule has 0 unspecified atom stereocenters. The van der Waals surface area contributed by atoms with E-state index in [0.29, 0.717) is 6.61 Å². The second-order valence-corrected chi connectivity index (χ2v) is 6.26. The predicted octanol–water partition coefficient (Wildman–Crippen LogP) is 3.69. The Morgan fingerprint density at radius 1 is 1.33 bits per heavy atom. The van der Waals surface area contributed by atoms with Crippen molar-refractivity contribution in [1.82, 2.24) is 4.98 Å². The number of nitrogen functional groups attached to an aromatic ring is 1. The van der Waals surface area contributed by atoms with E-state index in [9.17, 15) is 0 Å². The number of thiazole rings is 1. The minimum Gasteiger partial charge on any atom is -0.486 e. The molecule has 21 heavy (non-hydrogen) atoms. The van der Waals surface area contributed by atoms with Crippen LogP contribution in [-0.4, -0.2) is 10.8 Å². The van der Waals surface area contributed by atoms with Crippen LogP contribution in [0.25, 0.3) is 0 Å². The quantitative estimate of drug-likeness (QED) is 0.631. The third kappa shape index (κ3) is 3.82. The third-order valence-electron chi connectivity index (χ3n) is 3.18. The largest absolute Gasteiger partial charge is 0.486 e. The molecule has 0 aliphatic carbocycles. The van der Waals surface area contributed by atoms with Crippen LogP contribution in [0.4, 0.5) is 0 Å². The van der Waals surface area contributed by atoms with Gasteiger partial charge in [-0.05, 0) is 30.0 Å². The van der Waals surface area contributed by atoms with Gasteiger partial charge in [0.25, 0.3) is 0 Å². The zero-order chi connectivity index (χ0) is 15.4. The molecule has 1 aromatic heterocycles. The van der Waals surface area contributed by atoms with E-state index in [4.69, 9.17) is 15.9 Å². The van der Waals surface area contributed by atoms with Gasteiger partial charge in [-0.15, -0.1) is 11.3 Å². The molecule has 2 rings (SSSR count). The van der Waals surface area contributed by atoms with Crippen molar-refractivity contribution >= 4 is 17.2 Å². The van der Waals surface area contributed by atoms with E-state index in [0.717, 1.165) is 27.7 Å². The van der Waals surface area contributed by atoms with E-state index < -0.39 is 0 Å². The first-order valence-corrected chi connectivity index (χ1v) is 7.88. The van der Waals surface area contributed by atoms with Gasteiger partial charge in [-0.25, -0.2) is 4.98 Å². The average molecular weight is 303 g/mol. The van der Waals surface area contributed by atoms with E-state index in [1.165, 1.54) is 16.9 Å². The molecule has 5 heteroatoms. The van der Waals surface area contributed by atoms with Crippen LogP contribution in [-0.2, 0) is 13.0 Å². The molecule has 112 valence electrons. The van der Waals surface area contributed by atoms with Gasteiger partial charge in [0.15, 0.2) is 0 Å². The SMILES string of the molecule is CCc1ccc(OCc2nc(C(C)C)c(C(=N)N)s2)cc1. The molecule has 4 nitrogen and oxygen atoms in total. The molecule has 3 N–H and O–H groups in total. The van der Waals surface area contributed by atoms with Crippen molar-refractivity contribution in [3.05, 3.63) is 45.4 Å². The number of amidine groups is 1. The number of nitrogens with one attached hydrogen (secondary N) is 1. The number of ether oxygens (including phenoxy) is 1. The smallest absolute Gasteiger partial charge is 0.140 e. The Morgan fingerprint density at radius 2 is 2.00 bits per heavy atom. The van der Waals surface area contributed by atoms with Gasteiger partial charge in [0.1, 0.15) is 23.2 Å². The van der Waals surface area contributed by atoms with Crippen LogP contribution in [0.1, 0.15) is 47.8 Å². The van der Waals surface area contributed by atoms with E-state index in [-0.39, 0.29) is 11.8 Å². The lowest BCUT2D eigenvalue weighted by molar-refractivity contribution is 0.305. The van der Waals surface area contributed by atoms with Crippen LogP contribution in [0.3, 0.4) is 0 Å². The molecule has 1 heterocycles. The minimum absolute atomic E-state index is 0.0785. The number of benzene rings is 1. The van der Waals surface area contributed by atoms with Gasteiger partial charge in [0.05, 0.1) is 10.6 Å². The summed E-state index contributed by atoms with van der Waals surface area (Å²) in [5, 5.41) is 8.48. The fraction of sp³-hybridized carbons (Fsp3) is 0.375. The molecule has 0 spiro atoms. The van der Waals surface area contributed by atoms with Gasteiger partial charge in [0.2, 0.25) is 0 Å². The minimum atomic E-state index is 0.0785. The van der Waals surface area contributed by atoms with Gasteiger partial charge >= 0.3 is 0 Å². The van der Waals surface area contributed by atoms with Crippen LogP contribution >= 0.6 is 11.3 Å². The summed E-state index contributed by atoms with van der Waals surface area (Å²) in [6, 6.07) is 8.08. The van der Waals surface area contributed by atoms with E-state index in [1.54, 1.807) is 0 Å². The highest BCUT2D eigenvalue weighted by Gasteiger charge is 2.16. The van der Waals surface area contributed by atoms with Gasteiger partial charge in [-0.1, -0.05) is 32.9 Å². The van der Waals surface area contributed by atoms with Crippen molar-refractivity contribution in [1.29, 1.82) is 5.41 Å². The molecule has 0 bridgehead atoms. The van der Waals surface area contributed by atoms with Crippen molar-refractivity contribution in [2.75, 3.05) is 0 Å². The summed E-state index contributed by atoms with van der Waals surface area (Å²) >= 11 is 1.44. The Bertz CT molecular complexity index is 617. The number of nitrogens with two attached hydrogens (primary N) is 1. The first-order chi connectivity index (χ1) is 10.0. The monoisotopic (exact) mass is 303 g/mol. The molecule has 1 aromatic carbocycles. The number of hydrogen-bond acceptors (Lipinski definition) is 4. The van der Waals surface area contributed by atoms with E-state index in [2.05, 4.69) is 37.9 Å². The molecule has 0 atom stereocenters. The number of aryl methyl sites for hydroxylation is 1. The van der Waals surface area contributed by atoms with Crippen LogP contribution in [0.2, 0.25) is 0 Å². The van der Waals surface area contributed by atoms with Crippen LogP contribution in [0.5, 0.6) is 5.75 Å². The summed E-state index contributed by atoms with van der Waals surface area (Å²) in [6.45, 7) is 6.64. The third-order valence-corrected chi connectivity index (χ3v) is 4.26. The average Bonchev–Trinajstić information content (AvgIpc) is 2.90. The number of rotatable bonds is 6. The van der Waals surface area contributed by atoms with Gasteiger partial charge < -0.3 is 10.5 Å². The molecular formula is C16H21N3OS. The maximum Gasteiger partial charge on any atom is 0.140 e. The van der Waals surface area contributed by atoms with E-state index in [1.807, 2.05) is 12.1 Å². The fourth-order valence-corrected chi connectivity index (χ4v) is 2.98. The number of aromatic nitrogens is 1. The summed E-state index contributed by atoms with van der Waals surface area (Å²) < 4.78 is 5.76. The summed E-state index contributed by atoms with van der Waals surface area (Å²) in [7, 11) is 0. The Hall–Kier alpha value is -1.88. The van der Waals surface area contributed by atoms with Crippen LogP contribution in [0, 0.1) is 5.41 Å². The van der Waals surface area contributed by atoms with Gasteiger partial charge in [0, 0.05) is 0 Å². The summed E-state index contributed by atoms with van der Waals surface area (Å²) in [6.07, 6.45) is 1.02. The highest BCUT2D eigenvalue weighted by Crippen LogP contribution is 2.25. The molecule has 0 saturated carbocycles. The van der Waals surface area contributed by atoms with Crippen LogP contribution < -0.4 is 10.5 Å². The molecule has 0 fully saturated rings. The Labute approximate surface area is 129 Å². The number of nitrogens with zero attached hydrogens (tertiary/aromatic N) is 1. The molecule has 0 saturated heterocycles. The lowest BCUT2D eigenvalue weighted by Crippen LogP contribution is -2.12. The summed E-state index contributed by atoms with van der Waals surface area (Å²) in [4.78, 5) is 5.31. The van der Waals surface area contributed by atoms with E-state index >= 15 is 0 Å². The van der Waals surface area contributed by atoms with Crippen molar-refractivity contribution in [3.8, 4) is 5.75 Å². The molecule has 0 amide bonds. The normalized spacial score (nSPS) is 10.9. The van der Waals surface area contributed by atoms with Crippen molar-refractivity contribution in [2.24, 2.45) is 5.73 Å². The summed E-state index contributed by atoms with van der Waals surface area (Å²) in [5.41, 5.74) is 7.79. The molecule has 0 radical (unpaired) electrons. The standard InChI is InChI=1S/C16H21N3OS/c1-4-11-5-7-12(8-6-11)20-9-13-19-14(10(2)3)15(21-13)16(17)18/h5-8,10H,4,9H2,1-3H3,(H3,17,18). The molecule has 0 aliphatic rings. The fourth-order valence-electron chi connectivity index (χ4n) is 1.99. The maximum atomic E-state index is 7.63. The lowest BCUT2D eigenvalue weighted by Gasteiger charge is -2.04. The molecular weight excluding hydrogens is 282 g/mol. The van der Waals surface area contributed by atoms with Crippen LogP contribution in [0.15, 0.2) is 24.3 Å². The van der Waals surface area contributed by atoms with Crippen molar-refractivity contribution < 1.29 is 4.74 Å². The molecule has 2 aromatic rings. The predicted molar refractivity (Wildman–Crippen MR) is 87.4 cm³/mol. The van der Waals surface area contributed by atoms with Gasteiger partial charge in [-0.3, -0.25) is 5.41 Å². The molecule has 0 aliphatic heterocycles. The first kappa shape index (κ1) is 15.5. The van der Waals surface area contributed by atoms with Crippen molar-refractivity contribution in [2.45, 2.75) is 39.7 Å².